The van der Waals surface area contributed by atoms with Gasteiger partial charge in [-0.1, -0.05) is 86.4 Å². The fourth-order valence-electron chi connectivity index (χ4n) is 5.25. The molecule has 5 rings (SSSR count). The van der Waals surface area contributed by atoms with E-state index in [2.05, 4.69) is 28.7 Å². The number of amidine groups is 1. The van der Waals surface area contributed by atoms with Crippen molar-refractivity contribution in [3.05, 3.63) is 95.8 Å². The molecule has 2 amide bonds. The van der Waals surface area contributed by atoms with Crippen LogP contribution < -0.4 is 9.64 Å². The van der Waals surface area contributed by atoms with Crippen LogP contribution in [0.2, 0.25) is 0 Å². The number of likely N-dealkylation sites (N-methyl/N-ethyl adjacent to an activating group) is 1. The number of aromatic nitrogens is 3. The quantitative estimate of drug-likeness (QED) is 0.150. The van der Waals surface area contributed by atoms with Crippen LogP contribution in [-0.4, -0.2) is 74.1 Å². The van der Waals surface area contributed by atoms with E-state index < -0.39 is 18.5 Å². The van der Waals surface area contributed by atoms with E-state index in [0.717, 1.165) is 22.4 Å². The summed E-state index contributed by atoms with van der Waals surface area (Å²) in [6.07, 6.45) is 0.0286. The number of halogens is 3. The van der Waals surface area contributed by atoms with Crippen LogP contribution in [0.15, 0.2) is 84.1 Å². The number of nitrogens with zero attached hydrogens (tertiary/aromatic N) is 6. The molecule has 1 aliphatic heterocycles. The first kappa shape index (κ1) is 37.2. The van der Waals surface area contributed by atoms with Gasteiger partial charge < -0.3 is 14.4 Å². The van der Waals surface area contributed by atoms with E-state index in [-0.39, 0.29) is 29.7 Å². The summed E-state index contributed by atoms with van der Waals surface area (Å²) in [7, 11) is 2.91. The van der Waals surface area contributed by atoms with Crippen molar-refractivity contribution in [1.82, 2.24) is 19.7 Å². The Kier molecular flexibility index (Phi) is 11.6. The molecule has 1 fully saturated rings. The molecule has 1 aromatic heterocycles. The number of aliphatic imine (C=N–C) groups is 1. The van der Waals surface area contributed by atoms with Crippen molar-refractivity contribution in [2.75, 3.05) is 24.8 Å². The summed E-state index contributed by atoms with van der Waals surface area (Å²) in [6, 6.07) is 18.2. The average Bonchev–Trinajstić information content (AvgIpc) is 3.72. The van der Waals surface area contributed by atoms with Gasteiger partial charge in [0.15, 0.2) is 11.0 Å². The van der Waals surface area contributed by atoms with Gasteiger partial charge in [-0.15, -0.1) is 18.3 Å². The first-order chi connectivity index (χ1) is 24.2. The summed E-state index contributed by atoms with van der Waals surface area (Å²) in [4.78, 5) is 38.0. The number of amides is 2. The highest BCUT2D eigenvalue weighted by Crippen LogP contribution is 2.34. The number of benzene rings is 3. The van der Waals surface area contributed by atoms with E-state index in [9.17, 15) is 22.8 Å². The lowest BCUT2D eigenvalue weighted by Gasteiger charge is -2.25. The number of methoxy groups -OCH3 is 1. The first-order valence-corrected chi connectivity index (χ1v) is 17.2. The van der Waals surface area contributed by atoms with Crippen LogP contribution in [0.4, 0.5) is 23.7 Å². The van der Waals surface area contributed by atoms with Crippen LogP contribution in [0.1, 0.15) is 42.9 Å². The standard InChI is InChI=1S/C36H35F3N6O4S2/c1-22(2)29-17-6-23(3)18-30(29)45-32(46)20-51-34(45)41-31(50)19-27(43(4)35(47)48-5)12-9-24-7-10-25(11-8-24)33-40-21-44(42-33)26-13-15-28(16-14-26)49-36(37,38)39/h6-18,21-22,27H,19-20H2,1-5H3/b12-9+,41-34?. The molecule has 0 aliphatic carbocycles. The third kappa shape index (κ3) is 9.41. The molecule has 2 heterocycles. The molecule has 10 nitrogen and oxygen atoms in total. The highest BCUT2D eigenvalue weighted by molar-refractivity contribution is 8.15. The number of thiocarbonyl (C=S) groups is 1. The number of anilines is 1. The molecule has 1 aliphatic rings. The molecule has 1 atom stereocenters. The molecule has 1 saturated heterocycles. The van der Waals surface area contributed by atoms with Gasteiger partial charge in [-0.25, -0.2) is 19.5 Å². The second-order valence-electron chi connectivity index (χ2n) is 11.9. The molecule has 4 aromatic rings. The second kappa shape index (κ2) is 15.9. The Hall–Kier alpha value is -5.02. The SMILES string of the molecule is COC(=O)N(C)C(/C=C/c1ccc(-c2ncn(-c3ccc(OC(F)(F)F)cc3)n2)cc1)CC(=S)N=C1SCC(=O)N1c1cc(C)ccc1C(C)C. The normalized spacial score (nSPS) is 14.8. The number of ether oxygens (including phenoxy) is 2. The van der Waals surface area contributed by atoms with E-state index in [4.69, 9.17) is 21.9 Å². The van der Waals surface area contributed by atoms with E-state index in [1.54, 1.807) is 11.9 Å². The van der Waals surface area contributed by atoms with Crippen LogP contribution in [0.5, 0.6) is 5.75 Å². The minimum Gasteiger partial charge on any atom is -0.453 e. The van der Waals surface area contributed by atoms with Crippen molar-refractivity contribution < 1.29 is 32.2 Å². The number of hydrogen-bond donors (Lipinski definition) is 0. The maximum Gasteiger partial charge on any atom is 0.573 e. The van der Waals surface area contributed by atoms with Crippen LogP contribution in [0.25, 0.3) is 23.2 Å². The number of thioether (sulfide) groups is 1. The molecule has 0 saturated carbocycles. The van der Waals surface area contributed by atoms with Crippen LogP contribution >= 0.6 is 24.0 Å². The topological polar surface area (TPSA) is 102 Å². The number of aryl methyl sites for hydroxylation is 1. The van der Waals surface area contributed by atoms with Gasteiger partial charge >= 0.3 is 12.5 Å². The lowest BCUT2D eigenvalue weighted by Crippen LogP contribution is -2.37. The molecule has 15 heteroatoms. The zero-order valence-corrected chi connectivity index (χ0v) is 30.1. The number of carbonyl (C=O) groups is 2. The van der Waals surface area contributed by atoms with Crippen LogP contribution in [0.3, 0.4) is 0 Å². The fraction of sp³-hybridized carbons (Fsp3) is 0.278. The largest absolute Gasteiger partial charge is 0.573 e. The Morgan fingerprint density at radius 1 is 1.12 bits per heavy atom. The molecule has 51 heavy (non-hydrogen) atoms. The Morgan fingerprint density at radius 2 is 1.82 bits per heavy atom. The summed E-state index contributed by atoms with van der Waals surface area (Å²) in [5.41, 5.74) is 4.89. The average molecular weight is 737 g/mol. The maximum absolute atomic E-state index is 13.1. The number of carbonyl (C=O) groups excluding carboxylic acids is 2. The van der Waals surface area contributed by atoms with Crippen molar-refractivity contribution in [1.29, 1.82) is 0 Å². The van der Waals surface area contributed by atoms with Crippen molar-refractivity contribution in [2.45, 2.75) is 45.5 Å². The lowest BCUT2D eigenvalue weighted by atomic mass is 9.99. The molecule has 266 valence electrons. The Balaban J connectivity index is 1.31. The van der Waals surface area contributed by atoms with Gasteiger partial charge in [-0.2, -0.15) is 0 Å². The minimum atomic E-state index is -4.77. The monoisotopic (exact) mass is 736 g/mol. The van der Waals surface area contributed by atoms with Gasteiger partial charge in [0.25, 0.3) is 0 Å². The third-order valence-electron chi connectivity index (χ3n) is 7.88. The number of alkyl halides is 3. The van der Waals surface area contributed by atoms with E-state index in [1.165, 1.54) is 59.0 Å². The predicted molar refractivity (Wildman–Crippen MR) is 196 cm³/mol. The van der Waals surface area contributed by atoms with E-state index >= 15 is 0 Å². The Bertz CT molecular complexity index is 1960. The van der Waals surface area contributed by atoms with E-state index in [0.29, 0.717) is 27.2 Å². The molecule has 1 unspecified atom stereocenters. The van der Waals surface area contributed by atoms with Crippen LogP contribution in [0, 0.1) is 6.92 Å². The molecular weight excluding hydrogens is 702 g/mol. The van der Waals surface area contributed by atoms with Gasteiger partial charge in [0.2, 0.25) is 5.91 Å². The second-order valence-corrected chi connectivity index (χ2v) is 13.3. The van der Waals surface area contributed by atoms with Gasteiger partial charge in [0, 0.05) is 19.0 Å². The maximum atomic E-state index is 13.1. The highest BCUT2D eigenvalue weighted by atomic mass is 32.2. The lowest BCUT2D eigenvalue weighted by molar-refractivity contribution is -0.274. The zero-order valence-electron chi connectivity index (χ0n) is 28.4. The zero-order chi connectivity index (χ0) is 36.9. The van der Waals surface area contributed by atoms with Crippen molar-refractivity contribution in [2.24, 2.45) is 4.99 Å². The number of hydrogen-bond acceptors (Lipinski definition) is 8. The summed E-state index contributed by atoms with van der Waals surface area (Å²) in [5, 5.41) is 4.95. The molecule has 3 aromatic carbocycles. The van der Waals surface area contributed by atoms with Gasteiger partial charge in [-0.3, -0.25) is 9.69 Å². The van der Waals surface area contributed by atoms with E-state index in [1.807, 2.05) is 61.5 Å². The number of rotatable bonds is 10. The summed E-state index contributed by atoms with van der Waals surface area (Å²) in [5.74, 6) is 0.445. The van der Waals surface area contributed by atoms with Gasteiger partial charge in [0.05, 0.1) is 30.3 Å². The Labute approximate surface area is 303 Å². The molecule has 0 N–H and O–H groups in total. The van der Waals surface area contributed by atoms with Crippen molar-refractivity contribution >= 4 is 57.9 Å². The fourth-order valence-corrected chi connectivity index (χ4v) is 6.45. The molecule has 0 spiro atoms. The minimum absolute atomic E-state index is 0.0730. The first-order valence-electron chi connectivity index (χ1n) is 15.8. The summed E-state index contributed by atoms with van der Waals surface area (Å²) in [6.45, 7) is 6.13. The molecule has 0 bridgehead atoms. The van der Waals surface area contributed by atoms with Crippen molar-refractivity contribution in [3.63, 3.8) is 0 Å². The predicted octanol–water partition coefficient (Wildman–Crippen LogP) is 8.20. The van der Waals surface area contributed by atoms with Gasteiger partial charge in [-0.05, 0) is 59.9 Å². The molecular formula is C36H35F3N6O4S2. The smallest absolute Gasteiger partial charge is 0.453 e. The van der Waals surface area contributed by atoms with Crippen LogP contribution in [-0.2, 0) is 9.53 Å². The summed E-state index contributed by atoms with van der Waals surface area (Å²) < 4.78 is 47.8. The Morgan fingerprint density at radius 3 is 2.47 bits per heavy atom. The third-order valence-corrected chi connectivity index (χ3v) is 9.07. The van der Waals surface area contributed by atoms with Gasteiger partial charge in [0.1, 0.15) is 17.1 Å². The highest BCUT2D eigenvalue weighted by Gasteiger charge is 2.33. The van der Waals surface area contributed by atoms with Crippen molar-refractivity contribution in [3.8, 4) is 22.8 Å². The summed E-state index contributed by atoms with van der Waals surface area (Å²) >= 11 is 7.04. The molecule has 0 radical (unpaired) electrons.